The lowest BCUT2D eigenvalue weighted by atomic mass is 9.80. The van der Waals surface area contributed by atoms with Gasteiger partial charge in [0.25, 0.3) is 0 Å². The van der Waals surface area contributed by atoms with Gasteiger partial charge in [-0.3, -0.25) is 4.79 Å². The first-order valence-electron chi connectivity index (χ1n) is 13.3. The van der Waals surface area contributed by atoms with Crippen molar-refractivity contribution in [1.29, 1.82) is 0 Å². The van der Waals surface area contributed by atoms with Gasteiger partial charge >= 0.3 is 5.97 Å². The smallest absolute Gasteiger partial charge is 0.312 e. The number of rotatable bonds is 9. The van der Waals surface area contributed by atoms with Gasteiger partial charge < -0.3 is 28.8 Å². The Balaban J connectivity index is 1.29. The van der Waals surface area contributed by atoms with Gasteiger partial charge in [0, 0.05) is 18.1 Å². The number of carbonyl (C=O) groups excluding carboxylic acids is 1. The first-order chi connectivity index (χ1) is 19.6. The Bertz CT molecular complexity index is 1360. The van der Waals surface area contributed by atoms with E-state index < -0.39 is 29.7 Å². The molecular formula is C33H30O7. The highest BCUT2D eigenvalue weighted by Gasteiger charge is 2.44. The Kier molecular flexibility index (Phi) is 7.15. The van der Waals surface area contributed by atoms with Crippen LogP contribution in [0.4, 0.5) is 0 Å². The number of carbonyl (C=O) groups is 1. The van der Waals surface area contributed by atoms with Crippen LogP contribution in [0.5, 0.6) is 17.2 Å². The van der Waals surface area contributed by atoms with E-state index in [1.54, 1.807) is 12.1 Å². The van der Waals surface area contributed by atoms with Gasteiger partial charge in [-0.25, -0.2) is 0 Å². The van der Waals surface area contributed by atoms with E-state index >= 15 is 0 Å². The number of fused-ring (bicyclic) bond motifs is 1. The zero-order valence-electron chi connectivity index (χ0n) is 22.1. The summed E-state index contributed by atoms with van der Waals surface area (Å²) in [4.78, 5) is 13.0. The molecule has 0 unspecified atom stereocenters. The lowest BCUT2D eigenvalue weighted by Crippen LogP contribution is -2.35. The molecule has 204 valence electrons. The van der Waals surface area contributed by atoms with E-state index in [1.807, 2.05) is 91.0 Å². The Morgan fingerprint density at radius 1 is 0.850 bits per heavy atom. The lowest BCUT2D eigenvalue weighted by Gasteiger charge is -2.36. The summed E-state index contributed by atoms with van der Waals surface area (Å²) in [6.45, 7) is 0.223. The van der Waals surface area contributed by atoms with Gasteiger partial charge in [0.2, 0.25) is 6.79 Å². The fourth-order valence-corrected chi connectivity index (χ4v) is 5.59. The fraction of sp³-hybridized carbons (Fsp3) is 0.242. The van der Waals surface area contributed by atoms with Crippen molar-refractivity contribution in [1.82, 2.24) is 0 Å². The number of esters is 1. The second kappa shape index (κ2) is 11.0. The first-order valence-corrected chi connectivity index (χ1v) is 13.3. The largest absolute Gasteiger partial charge is 0.496 e. The van der Waals surface area contributed by atoms with E-state index in [0.29, 0.717) is 22.8 Å². The van der Waals surface area contributed by atoms with Crippen molar-refractivity contribution in [3.8, 4) is 17.2 Å². The molecule has 4 aromatic rings. The zero-order chi connectivity index (χ0) is 27.5. The Hall–Kier alpha value is -4.33. The van der Waals surface area contributed by atoms with Crippen molar-refractivity contribution in [2.24, 2.45) is 5.92 Å². The average Bonchev–Trinajstić information content (AvgIpc) is 3.63. The number of hydrogen-bond acceptors (Lipinski definition) is 7. The van der Waals surface area contributed by atoms with Crippen molar-refractivity contribution < 1.29 is 33.6 Å². The van der Waals surface area contributed by atoms with Gasteiger partial charge in [-0.2, -0.15) is 0 Å². The molecule has 2 heterocycles. The third-order valence-electron chi connectivity index (χ3n) is 7.55. The standard InChI is InChI=1S/C33H30O7/c1-36-28-19-30-29(37-21-38-30)18-26(28)31(34)27-17-25(40-32(27)35)20-39-33(22-11-5-2-6-12-22,23-13-7-3-8-14-23)24-15-9-4-10-16-24/h2-16,18-19,25,27,31,34H,17,20-21H2,1H3/t25-,27-,31+/m0/s1. The normalized spacial score (nSPS) is 18.8. The number of aliphatic hydroxyl groups is 1. The van der Waals surface area contributed by atoms with Crippen LogP contribution >= 0.6 is 0 Å². The molecule has 3 atom stereocenters. The van der Waals surface area contributed by atoms with Crippen LogP contribution in [0.25, 0.3) is 0 Å². The molecule has 4 aromatic carbocycles. The van der Waals surface area contributed by atoms with E-state index in [2.05, 4.69) is 0 Å². The summed E-state index contributed by atoms with van der Waals surface area (Å²) in [5.41, 5.74) is 2.38. The van der Waals surface area contributed by atoms with Crippen LogP contribution in [-0.2, 0) is 19.9 Å². The highest BCUT2D eigenvalue weighted by molar-refractivity contribution is 5.76. The van der Waals surface area contributed by atoms with E-state index in [0.717, 1.165) is 16.7 Å². The molecule has 0 amide bonds. The maximum absolute atomic E-state index is 13.0. The summed E-state index contributed by atoms with van der Waals surface area (Å²) < 4.78 is 29.0. The predicted octanol–water partition coefficient (Wildman–Crippen LogP) is 5.40. The minimum absolute atomic E-state index is 0.0922. The second-order valence-corrected chi connectivity index (χ2v) is 9.88. The minimum atomic E-state index is -1.15. The summed E-state index contributed by atoms with van der Waals surface area (Å²) in [7, 11) is 1.51. The topological polar surface area (TPSA) is 83.5 Å². The van der Waals surface area contributed by atoms with Gasteiger partial charge in [0.1, 0.15) is 17.5 Å². The van der Waals surface area contributed by atoms with Gasteiger partial charge in [-0.1, -0.05) is 91.0 Å². The molecule has 7 nitrogen and oxygen atoms in total. The van der Waals surface area contributed by atoms with Gasteiger partial charge in [0.15, 0.2) is 11.5 Å². The zero-order valence-corrected chi connectivity index (χ0v) is 22.1. The number of hydrogen-bond donors (Lipinski definition) is 1. The summed E-state index contributed by atoms with van der Waals surface area (Å²) in [5, 5.41) is 11.3. The van der Waals surface area contributed by atoms with E-state index in [1.165, 1.54) is 7.11 Å². The molecule has 2 aliphatic rings. The van der Waals surface area contributed by atoms with Gasteiger partial charge in [-0.05, 0) is 22.8 Å². The number of ether oxygens (including phenoxy) is 5. The number of cyclic esters (lactones) is 1. The summed E-state index contributed by atoms with van der Waals surface area (Å²) >= 11 is 0. The average molecular weight is 539 g/mol. The molecule has 0 spiro atoms. The molecule has 7 heteroatoms. The monoisotopic (exact) mass is 538 g/mol. The predicted molar refractivity (Wildman–Crippen MR) is 147 cm³/mol. The maximum atomic E-state index is 13.0. The number of methoxy groups -OCH3 is 1. The Morgan fingerprint density at radius 3 is 1.90 bits per heavy atom. The third-order valence-corrected chi connectivity index (χ3v) is 7.55. The van der Waals surface area contributed by atoms with Crippen LogP contribution in [-0.4, -0.2) is 37.7 Å². The van der Waals surface area contributed by atoms with Crippen LogP contribution in [0.2, 0.25) is 0 Å². The molecule has 0 radical (unpaired) electrons. The molecule has 40 heavy (non-hydrogen) atoms. The van der Waals surface area contributed by atoms with Crippen molar-refractivity contribution in [2.75, 3.05) is 20.5 Å². The van der Waals surface area contributed by atoms with E-state index in [4.69, 9.17) is 23.7 Å². The van der Waals surface area contributed by atoms with Crippen molar-refractivity contribution in [2.45, 2.75) is 24.2 Å². The quantitative estimate of drug-likeness (QED) is 0.226. The molecule has 2 aliphatic heterocycles. The number of benzene rings is 4. The van der Waals surface area contributed by atoms with Gasteiger partial charge in [0.05, 0.1) is 25.7 Å². The van der Waals surface area contributed by atoms with Crippen LogP contribution in [0, 0.1) is 5.92 Å². The molecule has 0 saturated carbocycles. The Morgan fingerprint density at radius 2 is 1.38 bits per heavy atom. The molecule has 1 fully saturated rings. The maximum Gasteiger partial charge on any atom is 0.312 e. The molecule has 0 aromatic heterocycles. The summed E-state index contributed by atoms with van der Waals surface area (Å²) in [6, 6.07) is 33.4. The van der Waals surface area contributed by atoms with Crippen LogP contribution in [0.1, 0.15) is 34.8 Å². The number of aliphatic hydroxyl groups excluding tert-OH is 1. The fourth-order valence-electron chi connectivity index (χ4n) is 5.59. The van der Waals surface area contributed by atoms with Crippen LogP contribution in [0.15, 0.2) is 103 Å². The molecular weight excluding hydrogens is 508 g/mol. The molecule has 0 aliphatic carbocycles. The molecule has 1 saturated heterocycles. The second-order valence-electron chi connectivity index (χ2n) is 9.88. The summed E-state index contributed by atoms with van der Waals surface area (Å²) in [6.07, 6.45) is -1.42. The highest BCUT2D eigenvalue weighted by atomic mass is 16.7. The lowest BCUT2D eigenvalue weighted by molar-refractivity contribution is -0.149. The molecule has 0 bridgehead atoms. The van der Waals surface area contributed by atoms with Crippen molar-refractivity contribution >= 4 is 5.97 Å². The first kappa shape index (κ1) is 25.9. The third kappa shape index (κ3) is 4.68. The molecule has 6 rings (SSSR count). The van der Waals surface area contributed by atoms with Gasteiger partial charge in [-0.15, -0.1) is 0 Å². The van der Waals surface area contributed by atoms with E-state index in [-0.39, 0.29) is 19.8 Å². The Labute approximate surface area is 232 Å². The van der Waals surface area contributed by atoms with E-state index in [9.17, 15) is 9.90 Å². The van der Waals surface area contributed by atoms with Crippen LogP contribution < -0.4 is 14.2 Å². The van der Waals surface area contributed by atoms with Crippen molar-refractivity contribution in [3.05, 3.63) is 125 Å². The SMILES string of the molecule is COc1cc2c(cc1[C@@H](O)[C@@H]1C[C@@H](COC(c3ccccc3)(c3ccccc3)c3ccccc3)OC1=O)OCO2. The minimum Gasteiger partial charge on any atom is -0.496 e. The molecule has 1 N–H and O–H groups in total. The van der Waals surface area contributed by atoms with Crippen molar-refractivity contribution in [3.63, 3.8) is 0 Å². The van der Waals surface area contributed by atoms with Crippen LogP contribution in [0.3, 0.4) is 0 Å². The summed E-state index contributed by atoms with van der Waals surface area (Å²) in [5.74, 6) is 0.181. The highest BCUT2D eigenvalue weighted by Crippen LogP contribution is 2.45.